The van der Waals surface area contributed by atoms with Gasteiger partial charge in [0.2, 0.25) is 0 Å². The van der Waals surface area contributed by atoms with Crippen molar-refractivity contribution in [1.29, 1.82) is 0 Å². The van der Waals surface area contributed by atoms with E-state index in [0.717, 1.165) is 94.3 Å². The van der Waals surface area contributed by atoms with E-state index in [2.05, 4.69) is 209 Å². The summed E-state index contributed by atoms with van der Waals surface area (Å²) in [4.78, 5) is 10.4. The van der Waals surface area contributed by atoms with Crippen LogP contribution in [0.2, 0.25) is 0 Å². The Morgan fingerprint density at radius 3 is 1.65 bits per heavy atom. The molecule has 0 aliphatic carbocycles. The van der Waals surface area contributed by atoms with Gasteiger partial charge in [0.25, 0.3) is 0 Å². The minimum Gasteiger partial charge on any atom is -0.454 e. The Bertz CT molecular complexity index is 3840. The number of para-hydroxylation sites is 4. The first-order valence-corrected chi connectivity index (χ1v) is 21.3. The largest absolute Gasteiger partial charge is 0.454 e. The summed E-state index contributed by atoms with van der Waals surface area (Å²) in [5.41, 5.74) is 15.4. The third kappa shape index (κ3) is 5.57. The van der Waals surface area contributed by atoms with E-state index in [1.165, 1.54) is 21.8 Å². The van der Waals surface area contributed by atoms with Crippen molar-refractivity contribution in [3.05, 3.63) is 218 Å². The van der Waals surface area contributed by atoms with Gasteiger partial charge in [-0.15, -0.1) is 0 Å². The van der Waals surface area contributed by atoms with E-state index in [1.54, 1.807) is 0 Å². The Kier molecular flexibility index (Phi) is 7.84. The second kappa shape index (κ2) is 14.0. The van der Waals surface area contributed by atoms with Gasteiger partial charge in [-0.05, 0) is 77.9 Å². The Labute approximate surface area is 362 Å². The molecule has 63 heavy (non-hydrogen) atoms. The van der Waals surface area contributed by atoms with E-state index in [0.29, 0.717) is 5.82 Å². The maximum atomic E-state index is 6.92. The van der Waals surface area contributed by atoms with Crippen molar-refractivity contribution in [1.82, 2.24) is 19.1 Å². The quantitative estimate of drug-likeness (QED) is 0.168. The third-order valence-electron chi connectivity index (χ3n) is 12.5. The fraction of sp³-hybridized carbons (Fsp3) is 0. The van der Waals surface area contributed by atoms with E-state index < -0.39 is 0 Å². The van der Waals surface area contributed by atoms with Crippen LogP contribution in [0.1, 0.15) is 0 Å². The summed E-state index contributed by atoms with van der Waals surface area (Å²) in [5.74, 6) is 0.662. The van der Waals surface area contributed by atoms with Gasteiger partial charge in [-0.1, -0.05) is 152 Å². The molecule has 0 N–H and O–H groups in total. The van der Waals surface area contributed by atoms with Gasteiger partial charge < -0.3 is 13.6 Å². The van der Waals surface area contributed by atoms with E-state index >= 15 is 0 Å². The molecule has 294 valence electrons. The molecule has 0 radical (unpaired) electrons. The average Bonchev–Trinajstić information content (AvgIpc) is 4.02. The summed E-state index contributed by atoms with van der Waals surface area (Å²) < 4.78 is 11.7. The van der Waals surface area contributed by atoms with E-state index in [1.807, 2.05) is 18.2 Å². The highest BCUT2D eigenvalue weighted by Crippen LogP contribution is 2.46. The first-order chi connectivity index (χ1) is 31.2. The minimum atomic E-state index is 0.662. The zero-order valence-electron chi connectivity index (χ0n) is 34.0. The van der Waals surface area contributed by atoms with Crippen LogP contribution in [0.15, 0.2) is 223 Å². The molecule has 0 saturated heterocycles. The number of benzene rings is 9. The Morgan fingerprint density at radius 1 is 0.349 bits per heavy atom. The number of rotatable bonds is 6. The zero-order valence-corrected chi connectivity index (χ0v) is 34.0. The fourth-order valence-electron chi connectivity index (χ4n) is 9.69. The zero-order chi connectivity index (χ0) is 41.4. The lowest BCUT2D eigenvalue weighted by Crippen LogP contribution is -1.98. The standard InChI is InChI=1S/C58H36N4O/c1-4-17-37(18-5-1)49-36-50(38-19-6-2-7-20-38)60-58(59-49)40-21-16-24-42(33-40)62-52-29-14-11-27-45(52)55-46(35-48-44-26-12-15-30-54(44)63-57(48)56(55)62)39-31-32-53-47(34-39)43-25-10-13-28-51(43)61(53)41-22-8-3-9-23-41/h1-36H. The maximum absolute atomic E-state index is 6.92. The summed E-state index contributed by atoms with van der Waals surface area (Å²) in [6.45, 7) is 0. The molecule has 0 aliphatic heterocycles. The van der Waals surface area contributed by atoms with Gasteiger partial charge in [0.15, 0.2) is 11.4 Å². The van der Waals surface area contributed by atoms with Gasteiger partial charge in [0, 0.05) is 60.4 Å². The molecule has 0 atom stereocenters. The van der Waals surface area contributed by atoms with Gasteiger partial charge in [-0.3, -0.25) is 0 Å². The number of hydrogen-bond donors (Lipinski definition) is 0. The Balaban J connectivity index is 1.08. The third-order valence-corrected chi connectivity index (χ3v) is 12.5. The van der Waals surface area contributed by atoms with Crippen LogP contribution < -0.4 is 0 Å². The number of hydrogen-bond acceptors (Lipinski definition) is 3. The minimum absolute atomic E-state index is 0.662. The molecule has 0 fully saturated rings. The molecule has 0 amide bonds. The lowest BCUT2D eigenvalue weighted by Gasteiger charge is -2.13. The van der Waals surface area contributed by atoms with Gasteiger partial charge in [0.05, 0.1) is 33.5 Å². The molecular weight excluding hydrogens is 769 g/mol. The molecule has 0 aliphatic rings. The number of aromatic nitrogens is 4. The second-order valence-electron chi connectivity index (χ2n) is 16.1. The fourth-order valence-corrected chi connectivity index (χ4v) is 9.69. The summed E-state index contributed by atoms with van der Waals surface area (Å²) in [7, 11) is 0. The van der Waals surface area contributed by atoms with Crippen LogP contribution in [0, 0.1) is 0 Å². The van der Waals surface area contributed by atoms with Crippen molar-refractivity contribution >= 4 is 65.6 Å². The van der Waals surface area contributed by atoms with Crippen LogP contribution in [0.5, 0.6) is 0 Å². The molecule has 5 heteroatoms. The average molecular weight is 805 g/mol. The summed E-state index contributed by atoms with van der Waals surface area (Å²) in [5, 5.41) is 6.88. The number of nitrogens with zero attached hydrogens (tertiary/aromatic N) is 4. The van der Waals surface area contributed by atoms with Crippen molar-refractivity contribution in [3.63, 3.8) is 0 Å². The molecule has 5 nitrogen and oxygen atoms in total. The predicted molar refractivity (Wildman–Crippen MR) is 260 cm³/mol. The predicted octanol–water partition coefficient (Wildman–Crippen LogP) is 15.2. The molecule has 0 spiro atoms. The smallest absolute Gasteiger partial charge is 0.160 e. The Hall–Kier alpha value is -8.54. The molecule has 0 bridgehead atoms. The van der Waals surface area contributed by atoms with Crippen LogP contribution >= 0.6 is 0 Å². The first-order valence-electron chi connectivity index (χ1n) is 21.3. The lowest BCUT2D eigenvalue weighted by molar-refractivity contribution is 0.671. The monoisotopic (exact) mass is 804 g/mol. The maximum Gasteiger partial charge on any atom is 0.160 e. The molecule has 0 saturated carbocycles. The van der Waals surface area contributed by atoms with E-state index in [4.69, 9.17) is 14.4 Å². The van der Waals surface area contributed by atoms with Crippen molar-refractivity contribution in [2.45, 2.75) is 0 Å². The molecular formula is C58H36N4O. The highest BCUT2D eigenvalue weighted by Gasteiger charge is 2.24. The van der Waals surface area contributed by atoms with Gasteiger partial charge >= 0.3 is 0 Å². The summed E-state index contributed by atoms with van der Waals surface area (Å²) in [6, 6.07) is 77.2. The van der Waals surface area contributed by atoms with Crippen LogP contribution in [0.3, 0.4) is 0 Å². The van der Waals surface area contributed by atoms with Gasteiger partial charge in [-0.25, -0.2) is 9.97 Å². The summed E-state index contributed by atoms with van der Waals surface area (Å²) >= 11 is 0. The molecule has 13 rings (SSSR count). The molecule has 0 unspecified atom stereocenters. The van der Waals surface area contributed by atoms with Crippen LogP contribution in [0.25, 0.3) is 122 Å². The van der Waals surface area contributed by atoms with Crippen LogP contribution in [-0.4, -0.2) is 19.1 Å². The summed E-state index contributed by atoms with van der Waals surface area (Å²) in [6.07, 6.45) is 0. The topological polar surface area (TPSA) is 48.8 Å². The molecule has 4 heterocycles. The first kappa shape index (κ1) is 35.2. The highest BCUT2D eigenvalue weighted by atomic mass is 16.3. The van der Waals surface area contributed by atoms with E-state index in [9.17, 15) is 0 Å². The molecule has 13 aromatic rings. The number of fused-ring (bicyclic) bond motifs is 10. The second-order valence-corrected chi connectivity index (χ2v) is 16.1. The van der Waals surface area contributed by atoms with Crippen LogP contribution in [-0.2, 0) is 0 Å². The van der Waals surface area contributed by atoms with Crippen molar-refractivity contribution < 1.29 is 4.42 Å². The molecule has 9 aromatic carbocycles. The number of furan rings is 1. The normalized spacial score (nSPS) is 11.8. The van der Waals surface area contributed by atoms with Crippen LogP contribution in [0.4, 0.5) is 0 Å². The lowest BCUT2D eigenvalue weighted by atomic mass is 9.95. The van der Waals surface area contributed by atoms with Gasteiger partial charge in [-0.2, -0.15) is 0 Å². The van der Waals surface area contributed by atoms with Crippen molar-refractivity contribution in [2.75, 3.05) is 0 Å². The highest BCUT2D eigenvalue weighted by molar-refractivity contribution is 6.26. The SMILES string of the molecule is c1ccc(-c2cc(-c3ccccc3)nc(-c3cccc(-n4c5ccccc5c5c(-c6ccc7c(c6)c6ccccc6n7-c6ccccc6)cc6c7ccccc7oc6c54)c3)n2)cc1. The van der Waals surface area contributed by atoms with Gasteiger partial charge in [0.1, 0.15) is 5.58 Å². The molecule has 4 aromatic heterocycles. The van der Waals surface area contributed by atoms with Crippen molar-refractivity contribution in [3.8, 4) is 56.4 Å². The Morgan fingerprint density at radius 2 is 0.921 bits per heavy atom. The van der Waals surface area contributed by atoms with Crippen molar-refractivity contribution in [2.24, 2.45) is 0 Å². The van der Waals surface area contributed by atoms with E-state index in [-0.39, 0.29) is 0 Å².